The Kier molecular flexibility index (Phi) is 5.44. The van der Waals surface area contributed by atoms with Gasteiger partial charge in [-0.05, 0) is 39.7 Å². The molecule has 0 bridgehead atoms. The number of nitrogens with zero attached hydrogens (tertiary/aromatic N) is 1. The van der Waals surface area contributed by atoms with Crippen LogP contribution in [0.3, 0.4) is 0 Å². The summed E-state index contributed by atoms with van der Waals surface area (Å²) in [4.78, 5) is 60.6. The highest BCUT2D eigenvalue weighted by atomic mass is 16.1. The summed E-state index contributed by atoms with van der Waals surface area (Å²) in [5.41, 5.74) is 5.35. The predicted octanol–water partition coefficient (Wildman–Crippen LogP) is 8.27. The Morgan fingerprint density at radius 1 is 0.348 bits per heavy atom. The molecule has 0 spiro atoms. The van der Waals surface area contributed by atoms with Crippen molar-refractivity contribution >= 4 is 44.7 Å². The zero-order valence-electron chi connectivity index (χ0n) is 24.2. The van der Waals surface area contributed by atoms with E-state index in [0.717, 1.165) is 21.5 Å². The van der Waals surface area contributed by atoms with Crippen LogP contribution in [-0.4, -0.2) is 28.1 Å². The summed E-state index contributed by atoms with van der Waals surface area (Å²) in [7, 11) is 0. The van der Waals surface area contributed by atoms with Crippen molar-refractivity contribution in [3.63, 3.8) is 0 Å². The molecule has 5 heteroatoms. The molecule has 0 radical (unpaired) electrons. The van der Waals surface area contributed by atoms with Crippen molar-refractivity contribution in [2.75, 3.05) is 0 Å². The van der Waals surface area contributed by atoms with Gasteiger partial charge in [0.2, 0.25) is 0 Å². The molecular weight excluding hydrogens is 570 g/mol. The molecule has 0 unspecified atom stereocenters. The molecule has 0 saturated heterocycles. The average molecular weight is 592 g/mol. The van der Waals surface area contributed by atoms with Crippen LogP contribution in [0.1, 0.15) is 63.7 Å². The third-order valence-electron chi connectivity index (χ3n) is 9.19. The van der Waals surface area contributed by atoms with Crippen LogP contribution < -0.4 is 0 Å². The summed E-state index contributed by atoms with van der Waals surface area (Å²) >= 11 is 0. The van der Waals surface area contributed by atoms with Gasteiger partial charge < -0.3 is 0 Å². The number of hydrogen-bond acceptors (Lipinski definition) is 5. The van der Waals surface area contributed by atoms with Crippen molar-refractivity contribution in [1.82, 2.24) is 4.98 Å². The van der Waals surface area contributed by atoms with Gasteiger partial charge in [-0.2, -0.15) is 0 Å². The molecule has 2 aliphatic rings. The van der Waals surface area contributed by atoms with E-state index in [1.54, 1.807) is 73.1 Å². The molecule has 1 aromatic heterocycles. The molecule has 6 aromatic carbocycles. The minimum absolute atomic E-state index is 0.202. The molecule has 2 aliphatic carbocycles. The lowest BCUT2D eigenvalue weighted by Crippen LogP contribution is -2.22. The molecule has 5 nitrogen and oxygen atoms in total. The topological polar surface area (TPSA) is 81.2 Å². The van der Waals surface area contributed by atoms with Crippen LogP contribution in [0.25, 0.3) is 43.8 Å². The fraction of sp³-hybridized carbons (Fsp3) is 0. The normalized spacial score (nSPS) is 13.4. The van der Waals surface area contributed by atoms with Gasteiger partial charge in [-0.25, -0.2) is 0 Å². The van der Waals surface area contributed by atoms with Crippen molar-refractivity contribution < 1.29 is 19.2 Å². The van der Waals surface area contributed by atoms with Crippen molar-refractivity contribution in [3.05, 3.63) is 172 Å². The van der Waals surface area contributed by atoms with E-state index in [9.17, 15) is 19.2 Å². The summed E-state index contributed by atoms with van der Waals surface area (Å²) in [5, 5.41) is 3.26. The Labute approximate surface area is 262 Å². The standard InChI is InChI=1S/C41H21NO4/c43-38-28-13-5-7-15-30(28)40(45)36-32(38)18-22-9-1-3-11-26(22)34(36)24-17-25(21-42-20-24)35-27-12-4-2-10-23(27)19-33-37(35)41(46)31-16-8-6-14-29(31)39(33)44/h1-21H. The predicted molar refractivity (Wildman–Crippen MR) is 177 cm³/mol. The molecule has 1 heterocycles. The molecular formula is C41H21NO4. The third-order valence-corrected chi connectivity index (χ3v) is 9.19. The Balaban J connectivity index is 1.35. The second-order valence-electron chi connectivity index (χ2n) is 11.7. The third kappa shape index (κ3) is 3.54. The van der Waals surface area contributed by atoms with Crippen LogP contribution in [0.4, 0.5) is 0 Å². The summed E-state index contributed by atoms with van der Waals surface area (Å²) in [6.45, 7) is 0. The fourth-order valence-corrected chi connectivity index (χ4v) is 7.16. The molecule has 46 heavy (non-hydrogen) atoms. The SMILES string of the molecule is O=C1c2ccccc2C(=O)c2c1cc1ccccc1c2-c1cncc(-c2c3c(cc4ccccc24)C(=O)c2ccccc2C3=O)c1. The van der Waals surface area contributed by atoms with Crippen molar-refractivity contribution in [1.29, 1.82) is 0 Å². The van der Waals surface area contributed by atoms with Gasteiger partial charge in [0.1, 0.15) is 0 Å². The molecule has 7 aromatic rings. The summed E-state index contributed by atoms with van der Waals surface area (Å²) in [6, 6.07) is 34.7. The number of rotatable bonds is 2. The smallest absolute Gasteiger partial charge is 0.195 e. The van der Waals surface area contributed by atoms with E-state index in [4.69, 9.17) is 0 Å². The highest BCUT2D eigenvalue weighted by molar-refractivity contribution is 6.34. The lowest BCUT2D eigenvalue weighted by atomic mass is 9.77. The number of hydrogen-bond donors (Lipinski definition) is 0. The quantitative estimate of drug-likeness (QED) is 0.202. The van der Waals surface area contributed by atoms with E-state index in [2.05, 4.69) is 4.98 Å². The molecule has 214 valence electrons. The maximum Gasteiger partial charge on any atom is 0.195 e. The molecule has 0 aliphatic heterocycles. The number of fused-ring (bicyclic) bond motifs is 6. The second-order valence-corrected chi connectivity index (χ2v) is 11.7. The number of benzene rings is 6. The maximum atomic E-state index is 14.2. The van der Waals surface area contributed by atoms with E-state index in [1.807, 2.05) is 54.6 Å². The van der Waals surface area contributed by atoms with E-state index in [0.29, 0.717) is 66.8 Å². The fourth-order valence-electron chi connectivity index (χ4n) is 7.16. The Morgan fingerprint density at radius 3 is 1.15 bits per heavy atom. The molecule has 9 rings (SSSR count). The van der Waals surface area contributed by atoms with Gasteiger partial charge in [-0.15, -0.1) is 0 Å². The first-order valence-electron chi connectivity index (χ1n) is 15.0. The van der Waals surface area contributed by atoms with E-state index >= 15 is 0 Å². The molecule has 0 saturated carbocycles. The van der Waals surface area contributed by atoms with Gasteiger partial charge in [0.05, 0.1) is 0 Å². The van der Waals surface area contributed by atoms with Gasteiger partial charge in [0.15, 0.2) is 23.1 Å². The Hall–Kier alpha value is -6.33. The zero-order valence-corrected chi connectivity index (χ0v) is 24.2. The van der Waals surface area contributed by atoms with E-state index < -0.39 is 0 Å². The monoisotopic (exact) mass is 591 g/mol. The molecule has 0 fully saturated rings. The van der Waals surface area contributed by atoms with Gasteiger partial charge in [-0.3, -0.25) is 24.2 Å². The second kappa shape index (κ2) is 9.58. The summed E-state index contributed by atoms with van der Waals surface area (Å²) in [6.07, 6.45) is 3.37. The molecule has 0 atom stereocenters. The minimum Gasteiger partial charge on any atom is -0.289 e. The maximum absolute atomic E-state index is 14.2. The minimum atomic E-state index is -0.226. The first kappa shape index (κ1) is 26.1. The molecule has 0 amide bonds. The van der Waals surface area contributed by atoms with Gasteiger partial charge in [0, 0.05) is 79.2 Å². The number of carbonyl (C=O) groups is 4. The molecule has 0 N–H and O–H groups in total. The number of ketones is 4. The zero-order chi connectivity index (χ0) is 31.1. The van der Waals surface area contributed by atoms with E-state index in [-0.39, 0.29) is 23.1 Å². The lowest BCUT2D eigenvalue weighted by Gasteiger charge is -2.24. The van der Waals surface area contributed by atoms with Crippen LogP contribution in [0.2, 0.25) is 0 Å². The van der Waals surface area contributed by atoms with Crippen LogP contribution in [0, 0.1) is 0 Å². The van der Waals surface area contributed by atoms with Crippen LogP contribution in [0.5, 0.6) is 0 Å². The number of pyridine rings is 1. The highest BCUT2D eigenvalue weighted by Gasteiger charge is 2.35. The van der Waals surface area contributed by atoms with Gasteiger partial charge in [0.25, 0.3) is 0 Å². The van der Waals surface area contributed by atoms with E-state index in [1.165, 1.54) is 0 Å². The average Bonchev–Trinajstić information content (AvgIpc) is 3.11. The number of carbonyl (C=O) groups excluding carboxylic acids is 4. The summed E-state index contributed by atoms with van der Waals surface area (Å²) < 4.78 is 0. The van der Waals surface area contributed by atoms with Crippen molar-refractivity contribution in [2.24, 2.45) is 0 Å². The Bertz CT molecular complexity index is 2390. The van der Waals surface area contributed by atoms with Gasteiger partial charge in [-0.1, -0.05) is 97.1 Å². The van der Waals surface area contributed by atoms with Gasteiger partial charge >= 0.3 is 0 Å². The summed E-state index contributed by atoms with van der Waals surface area (Å²) in [5.74, 6) is -0.855. The Morgan fingerprint density at radius 2 is 0.717 bits per heavy atom. The largest absolute Gasteiger partial charge is 0.289 e. The van der Waals surface area contributed by atoms with Crippen LogP contribution >= 0.6 is 0 Å². The first-order valence-corrected chi connectivity index (χ1v) is 15.0. The van der Waals surface area contributed by atoms with Crippen molar-refractivity contribution in [2.45, 2.75) is 0 Å². The first-order chi connectivity index (χ1) is 22.5. The lowest BCUT2D eigenvalue weighted by molar-refractivity contribution is 0.0980. The highest BCUT2D eigenvalue weighted by Crippen LogP contribution is 2.43. The van der Waals surface area contributed by atoms with Crippen LogP contribution in [-0.2, 0) is 0 Å². The number of aromatic nitrogens is 1. The van der Waals surface area contributed by atoms with Crippen molar-refractivity contribution in [3.8, 4) is 22.3 Å². The van der Waals surface area contributed by atoms with Crippen LogP contribution in [0.15, 0.2) is 128 Å².